The van der Waals surface area contributed by atoms with Gasteiger partial charge in [-0.2, -0.15) is 0 Å². The van der Waals surface area contributed by atoms with Crippen LogP contribution in [0.1, 0.15) is 19.0 Å². The van der Waals surface area contributed by atoms with E-state index in [2.05, 4.69) is 27.5 Å². The highest BCUT2D eigenvalue weighted by molar-refractivity contribution is 14.0. The Kier molecular flexibility index (Phi) is 8.88. The first kappa shape index (κ1) is 15.2. The maximum Gasteiger partial charge on any atom is 0.191 e. The van der Waals surface area contributed by atoms with Crippen molar-refractivity contribution >= 4 is 29.9 Å². The zero-order chi connectivity index (χ0) is 10.9. The van der Waals surface area contributed by atoms with Crippen LogP contribution in [0.2, 0.25) is 0 Å². The van der Waals surface area contributed by atoms with Crippen molar-refractivity contribution in [1.82, 2.24) is 15.6 Å². The van der Waals surface area contributed by atoms with Gasteiger partial charge in [-0.05, 0) is 18.6 Å². The van der Waals surface area contributed by atoms with E-state index in [9.17, 15) is 0 Å². The molecule has 1 rings (SSSR count). The van der Waals surface area contributed by atoms with Crippen LogP contribution in [0.15, 0.2) is 29.4 Å². The SMILES string of the molecule is CCCNC(=NC)NCc1ccccn1.I. The van der Waals surface area contributed by atoms with Crippen LogP contribution >= 0.6 is 24.0 Å². The molecule has 0 atom stereocenters. The first-order valence-electron chi connectivity index (χ1n) is 5.21. The summed E-state index contributed by atoms with van der Waals surface area (Å²) in [6.45, 7) is 3.76. The second-order valence-corrected chi connectivity index (χ2v) is 3.17. The highest BCUT2D eigenvalue weighted by atomic mass is 127. The summed E-state index contributed by atoms with van der Waals surface area (Å²) >= 11 is 0. The maximum absolute atomic E-state index is 4.22. The van der Waals surface area contributed by atoms with Crippen LogP contribution in [0.25, 0.3) is 0 Å². The molecular weight excluding hydrogens is 315 g/mol. The third-order valence-corrected chi connectivity index (χ3v) is 1.93. The Labute approximate surface area is 114 Å². The first-order chi connectivity index (χ1) is 7.36. The number of pyridine rings is 1. The van der Waals surface area contributed by atoms with Gasteiger partial charge in [0.05, 0.1) is 12.2 Å². The summed E-state index contributed by atoms with van der Waals surface area (Å²) in [5, 5.41) is 6.40. The zero-order valence-corrected chi connectivity index (χ0v) is 12.1. The Morgan fingerprint density at radius 3 is 2.75 bits per heavy atom. The molecule has 5 heteroatoms. The number of rotatable bonds is 4. The van der Waals surface area contributed by atoms with Crippen molar-refractivity contribution in [2.24, 2.45) is 4.99 Å². The van der Waals surface area contributed by atoms with Gasteiger partial charge in [0.25, 0.3) is 0 Å². The van der Waals surface area contributed by atoms with Crippen LogP contribution in [-0.2, 0) is 6.54 Å². The number of hydrogen-bond acceptors (Lipinski definition) is 2. The predicted octanol–water partition coefficient (Wildman–Crippen LogP) is 1.77. The molecule has 0 radical (unpaired) electrons. The third kappa shape index (κ3) is 5.89. The molecule has 1 aromatic heterocycles. The van der Waals surface area contributed by atoms with Gasteiger partial charge in [0, 0.05) is 19.8 Å². The highest BCUT2D eigenvalue weighted by Gasteiger charge is 1.96. The van der Waals surface area contributed by atoms with Gasteiger partial charge >= 0.3 is 0 Å². The van der Waals surface area contributed by atoms with Crippen molar-refractivity contribution in [3.8, 4) is 0 Å². The normalized spacial score (nSPS) is 10.5. The molecule has 0 saturated carbocycles. The molecule has 0 aliphatic carbocycles. The smallest absolute Gasteiger partial charge is 0.191 e. The van der Waals surface area contributed by atoms with Crippen LogP contribution in [0.3, 0.4) is 0 Å². The van der Waals surface area contributed by atoms with Gasteiger partial charge in [0.2, 0.25) is 0 Å². The minimum Gasteiger partial charge on any atom is -0.356 e. The van der Waals surface area contributed by atoms with Gasteiger partial charge in [-0.1, -0.05) is 13.0 Å². The Morgan fingerprint density at radius 2 is 2.19 bits per heavy atom. The van der Waals surface area contributed by atoms with Crippen LogP contribution in [-0.4, -0.2) is 24.5 Å². The monoisotopic (exact) mass is 334 g/mol. The number of nitrogens with zero attached hydrogens (tertiary/aromatic N) is 2. The Balaban J connectivity index is 0.00000225. The minimum atomic E-state index is 0. The molecule has 0 unspecified atom stereocenters. The van der Waals surface area contributed by atoms with Gasteiger partial charge in [0.1, 0.15) is 0 Å². The Bertz CT molecular complexity index is 300. The molecule has 1 aromatic rings. The molecular formula is C11H19IN4. The summed E-state index contributed by atoms with van der Waals surface area (Å²) in [6, 6.07) is 5.88. The molecule has 0 spiro atoms. The fourth-order valence-corrected chi connectivity index (χ4v) is 1.14. The van der Waals surface area contributed by atoms with Crippen LogP contribution in [0.4, 0.5) is 0 Å². The molecule has 2 N–H and O–H groups in total. The van der Waals surface area contributed by atoms with Gasteiger partial charge in [-0.25, -0.2) is 0 Å². The first-order valence-corrected chi connectivity index (χ1v) is 5.21. The summed E-state index contributed by atoms with van der Waals surface area (Å²) in [4.78, 5) is 8.33. The molecule has 0 saturated heterocycles. The fourth-order valence-electron chi connectivity index (χ4n) is 1.14. The lowest BCUT2D eigenvalue weighted by molar-refractivity contribution is 0.772. The topological polar surface area (TPSA) is 49.3 Å². The van der Waals surface area contributed by atoms with E-state index in [1.54, 1.807) is 13.2 Å². The molecule has 16 heavy (non-hydrogen) atoms. The van der Waals surface area contributed by atoms with Crippen LogP contribution in [0, 0.1) is 0 Å². The molecule has 0 fully saturated rings. The van der Waals surface area contributed by atoms with Gasteiger partial charge < -0.3 is 10.6 Å². The van der Waals surface area contributed by atoms with Crippen molar-refractivity contribution in [1.29, 1.82) is 0 Å². The van der Waals surface area contributed by atoms with Crippen molar-refractivity contribution in [3.63, 3.8) is 0 Å². The Hall–Kier alpha value is -0.850. The summed E-state index contributed by atoms with van der Waals surface area (Å²) in [7, 11) is 1.77. The van der Waals surface area contributed by atoms with Gasteiger partial charge in [-0.3, -0.25) is 9.98 Å². The number of hydrogen-bond donors (Lipinski definition) is 2. The molecule has 0 aromatic carbocycles. The zero-order valence-electron chi connectivity index (χ0n) is 9.73. The van der Waals surface area contributed by atoms with E-state index in [0.29, 0.717) is 6.54 Å². The largest absolute Gasteiger partial charge is 0.356 e. The molecule has 0 amide bonds. The number of nitrogens with one attached hydrogen (secondary N) is 2. The van der Waals surface area contributed by atoms with Gasteiger partial charge in [-0.15, -0.1) is 24.0 Å². The van der Waals surface area contributed by atoms with E-state index < -0.39 is 0 Å². The fraction of sp³-hybridized carbons (Fsp3) is 0.455. The van der Waals surface area contributed by atoms with Crippen molar-refractivity contribution < 1.29 is 0 Å². The molecule has 1 heterocycles. The van der Waals surface area contributed by atoms with E-state index in [0.717, 1.165) is 24.6 Å². The second kappa shape index (κ2) is 9.38. The average molecular weight is 334 g/mol. The van der Waals surface area contributed by atoms with Gasteiger partial charge in [0.15, 0.2) is 5.96 Å². The van der Waals surface area contributed by atoms with E-state index in [-0.39, 0.29) is 24.0 Å². The number of halogens is 1. The van der Waals surface area contributed by atoms with E-state index in [4.69, 9.17) is 0 Å². The average Bonchev–Trinajstić information content (AvgIpc) is 2.31. The van der Waals surface area contributed by atoms with Crippen LogP contribution in [0.5, 0.6) is 0 Å². The number of aliphatic imine (C=N–C) groups is 1. The van der Waals surface area contributed by atoms with Crippen molar-refractivity contribution in [3.05, 3.63) is 30.1 Å². The van der Waals surface area contributed by atoms with Crippen molar-refractivity contribution in [2.45, 2.75) is 19.9 Å². The van der Waals surface area contributed by atoms with E-state index >= 15 is 0 Å². The van der Waals surface area contributed by atoms with Crippen molar-refractivity contribution in [2.75, 3.05) is 13.6 Å². The second-order valence-electron chi connectivity index (χ2n) is 3.17. The lowest BCUT2D eigenvalue weighted by Crippen LogP contribution is -2.37. The number of aromatic nitrogens is 1. The molecule has 0 aliphatic heterocycles. The summed E-state index contributed by atoms with van der Waals surface area (Å²) in [5.74, 6) is 0.822. The minimum absolute atomic E-state index is 0. The predicted molar refractivity (Wildman–Crippen MR) is 78.1 cm³/mol. The summed E-state index contributed by atoms with van der Waals surface area (Å²) in [5.41, 5.74) is 1.01. The highest BCUT2D eigenvalue weighted by Crippen LogP contribution is 1.91. The molecule has 0 bridgehead atoms. The summed E-state index contributed by atoms with van der Waals surface area (Å²) < 4.78 is 0. The molecule has 90 valence electrons. The van der Waals surface area contributed by atoms with E-state index in [1.807, 2.05) is 18.2 Å². The Morgan fingerprint density at radius 1 is 1.38 bits per heavy atom. The van der Waals surface area contributed by atoms with Crippen LogP contribution < -0.4 is 10.6 Å². The number of guanidine groups is 1. The molecule has 4 nitrogen and oxygen atoms in total. The quantitative estimate of drug-likeness (QED) is 0.501. The van der Waals surface area contributed by atoms with E-state index in [1.165, 1.54) is 0 Å². The standard InChI is InChI=1S/C11H18N4.HI/c1-3-7-14-11(12-2)15-9-10-6-4-5-8-13-10;/h4-6,8H,3,7,9H2,1-2H3,(H2,12,14,15);1H. The summed E-state index contributed by atoms with van der Waals surface area (Å²) in [6.07, 6.45) is 2.88. The lowest BCUT2D eigenvalue weighted by Gasteiger charge is -2.10. The molecule has 0 aliphatic rings. The third-order valence-electron chi connectivity index (χ3n) is 1.93. The maximum atomic E-state index is 4.22. The lowest BCUT2D eigenvalue weighted by atomic mass is 10.3.